The first-order valence-electron chi connectivity index (χ1n) is 6.36. The van der Waals surface area contributed by atoms with E-state index in [1.54, 1.807) is 7.05 Å². The second-order valence-corrected chi connectivity index (χ2v) is 6.67. The summed E-state index contributed by atoms with van der Waals surface area (Å²) in [6, 6.07) is 2.86. The molecule has 7 heteroatoms. The molecule has 1 aromatic rings. The Morgan fingerprint density at radius 1 is 1.30 bits per heavy atom. The molecule has 0 amide bonds. The van der Waals surface area contributed by atoms with Gasteiger partial charge in [0.1, 0.15) is 5.82 Å². The maximum Gasteiger partial charge on any atom is 0.240 e. The zero-order valence-electron chi connectivity index (χ0n) is 12.3. The van der Waals surface area contributed by atoms with Crippen LogP contribution in [0.3, 0.4) is 0 Å². The SMILES string of the molecule is CNCc1cc(F)c(C)c(S(=O)(=O)NCCN(C)C)c1. The molecule has 0 aliphatic rings. The van der Waals surface area contributed by atoms with E-state index in [2.05, 4.69) is 10.0 Å². The molecule has 0 aliphatic heterocycles. The Labute approximate surface area is 120 Å². The highest BCUT2D eigenvalue weighted by atomic mass is 32.2. The smallest absolute Gasteiger partial charge is 0.240 e. The van der Waals surface area contributed by atoms with Gasteiger partial charge in [-0.1, -0.05) is 0 Å². The lowest BCUT2D eigenvalue weighted by Gasteiger charge is -2.14. The summed E-state index contributed by atoms with van der Waals surface area (Å²) in [5.74, 6) is -0.509. The Morgan fingerprint density at radius 2 is 1.95 bits per heavy atom. The monoisotopic (exact) mass is 303 g/mol. The van der Waals surface area contributed by atoms with Crippen LogP contribution in [0.25, 0.3) is 0 Å². The van der Waals surface area contributed by atoms with Gasteiger partial charge in [0, 0.05) is 25.2 Å². The van der Waals surface area contributed by atoms with Crippen LogP contribution in [0.2, 0.25) is 0 Å². The molecule has 0 fully saturated rings. The van der Waals surface area contributed by atoms with Crippen molar-refractivity contribution in [2.75, 3.05) is 34.2 Å². The fourth-order valence-electron chi connectivity index (χ4n) is 1.77. The van der Waals surface area contributed by atoms with Crippen molar-refractivity contribution in [1.29, 1.82) is 0 Å². The van der Waals surface area contributed by atoms with E-state index in [0.29, 0.717) is 18.7 Å². The van der Waals surface area contributed by atoms with E-state index in [9.17, 15) is 12.8 Å². The van der Waals surface area contributed by atoms with Crippen LogP contribution in [-0.2, 0) is 16.6 Å². The predicted molar refractivity (Wildman–Crippen MR) is 77.6 cm³/mol. The van der Waals surface area contributed by atoms with Gasteiger partial charge in [-0.3, -0.25) is 0 Å². The Bertz CT molecular complexity index is 559. The minimum Gasteiger partial charge on any atom is -0.316 e. The summed E-state index contributed by atoms with van der Waals surface area (Å²) in [6.07, 6.45) is 0. The molecule has 0 aromatic heterocycles. The largest absolute Gasteiger partial charge is 0.316 e. The van der Waals surface area contributed by atoms with E-state index in [1.807, 2.05) is 19.0 Å². The Hall–Kier alpha value is -1.02. The molecular weight excluding hydrogens is 281 g/mol. The van der Waals surface area contributed by atoms with Crippen LogP contribution >= 0.6 is 0 Å². The molecule has 1 rings (SSSR count). The van der Waals surface area contributed by atoms with Gasteiger partial charge in [-0.25, -0.2) is 17.5 Å². The van der Waals surface area contributed by atoms with Crippen LogP contribution in [-0.4, -0.2) is 47.6 Å². The van der Waals surface area contributed by atoms with Crippen molar-refractivity contribution in [2.45, 2.75) is 18.4 Å². The lowest BCUT2D eigenvalue weighted by molar-refractivity contribution is 0.412. The number of halogens is 1. The summed E-state index contributed by atoms with van der Waals surface area (Å²) in [7, 11) is 1.74. The maximum absolute atomic E-state index is 13.8. The van der Waals surface area contributed by atoms with Crippen LogP contribution in [0.5, 0.6) is 0 Å². The zero-order valence-corrected chi connectivity index (χ0v) is 13.1. The molecule has 0 atom stereocenters. The summed E-state index contributed by atoms with van der Waals surface area (Å²) < 4.78 is 40.8. The van der Waals surface area contributed by atoms with E-state index in [4.69, 9.17) is 0 Å². The molecule has 114 valence electrons. The molecule has 0 unspecified atom stereocenters. The van der Waals surface area contributed by atoms with Gasteiger partial charge in [0.25, 0.3) is 0 Å². The molecule has 0 bridgehead atoms. The van der Waals surface area contributed by atoms with E-state index in [0.717, 1.165) is 0 Å². The number of hydrogen-bond acceptors (Lipinski definition) is 4. The van der Waals surface area contributed by atoms with Gasteiger partial charge in [-0.2, -0.15) is 0 Å². The lowest BCUT2D eigenvalue weighted by atomic mass is 10.1. The molecule has 1 aromatic carbocycles. The van der Waals surface area contributed by atoms with Crippen molar-refractivity contribution in [3.05, 3.63) is 29.1 Å². The standard InChI is InChI=1S/C13H22FN3O2S/c1-10-12(14)7-11(9-15-2)8-13(10)20(18,19)16-5-6-17(3)4/h7-8,15-16H,5-6,9H2,1-4H3. The number of rotatable bonds is 7. The molecular formula is C13H22FN3O2S. The third-order valence-electron chi connectivity index (χ3n) is 2.88. The highest BCUT2D eigenvalue weighted by Crippen LogP contribution is 2.20. The normalized spacial score (nSPS) is 12.1. The number of likely N-dealkylation sites (N-methyl/N-ethyl adjacent to an activating group) is 1. The first-order chi connectivity index (χ1) is 9.27. The van der Waals surface area contributed by atoms with Crippen LogP contribution < -0.4 is 10.0 Å². The summed E-state index contributed by atoms with van der Waals surface area (Å²) in [4.78, 5) is 1.87. The highest BCUT2D eigenvalue weighted by molar-refractivity contribution is 7.89. The van der Waals surface area contributed by atoms with Gasteiger partial charge < -0.3 is 10.2 Å². The fourth-order valence-corrected chi connectivity index (χ4v) is 3.10. The van der Waals surface area contributed by atoms with Crippen molar-refractivity contribution in [3.8, 4) is 0 Å². The molecule has 0 radical (unpaired) electrons. The van der Waals surface area contributed by atoms with Crippen molar-refractivity contribution < 1.29 is 12.8 Å². The van der Waals surface area contributed by atoms with Crippen molar-refractivity contribution in [1.82, 2.24) is 14.9 Å². The Balaban J connectivity index is 3.04. The molecule has 5 nitrogen and oxygen atoms in total. The summed E-state index contributed by atoms with van der Waals surface area (Å²) in [5, 5.41) is 2.88. The second kappa shape index (κ2) is 7.12. The van der Waals surface area contributed by atoms with Crippen molar-refractivity contribution >= 4 is 10.0 Å². The predicted octanol–water partition coefficient (Wildman–Crippen LogP) is 0.693. The number of nitrogens with zero attached hydrogens (tertiary/aromatic N) is 1. The van der Waals surface area contributed by atoms with Gasteiger partial charge in [-0.05, 0) is 45.8 Å². The topological polar surface area (TPSA) is 61.4 Å². The summed E-state index contributed by atoms with van der Waals surface area (Å²) >= 11 is 0. The van der Waals surface area contributed by atoms with Crippen molar-refractivity contribution in [3.63, 3.8) is 0 Å². The first-order valence-corrected chi connectivity index (χ1v) is 7.84. The first kappa shape index (κ1) is 17.0. The Morgan fingerprint density at radius 3 is 2.50 bits per heavy atom. The fraction of sp³-hybridized carbons (Fsp3) is 0.538. The molecule has 20 heavy (non-hydrogen) atoms. The highest BCUT2D eigenvalue weighted by Gasteiger charge is 2.19. The summed E-state index contributed by atoms with van der Waals surface area (Å²) in [6.45, 7) is 2.75. The molecule has 0 saturated heterocycles. The second-order valence-electron chi connectivity index (χ2n) is 4.93. The number of nitrogens with one attached hydrogen (secondary N) is 2. The van der Waals surface area contributed by atoms with Gasteiger partial charge >= 0.3 is 0 Å². The molecule has 2 N–H and O–H groups in total. The van der Waals surface area contributed by atoms with Crippen LogP contribution in [0.1, 0.15) is 11.1 Å². The van der Waals surface area contributed by atoms with Crippen LogP contribution in [0, 0.1) is 12.7 Å². The van der Waals surface area contributed by atoms with Crippen LogP contribution in [0.4, 0.5) is 4.39 Å². The molecule has 0 saturated carbocycles. The number of benzene rings is 1. The van der Waals surface area contributed by atoms with Crippen LogP contribution in [0.15, 0.2) is 17.0 Å². The minimum atomic E-state index is -3.69. The van der Waals surface area contributed by atoms with E-state index >= 15 is 0 Å². The number of hydrogen-bond donors (Lipinski definition) is 2. The maximum atomic E-state index is 13.8. The Kier molecular flexibility index (Phi) is 6.07. The summed E-state index contributed by atoms with van der Waals surface area (Å²) in [5.41, 5.74) is 0.741. The third kappa shape index (κ3) is 4.52. The van der Waals surface area contributed by atoms with Gasteiger partial charge in [0.05, 0.1) is 4.90 Å². The van der Waals surface area contributed by atoms with E-state index in [1.165, 1.54) is 19.1 Å². The quantitative estimate of drug-likeness (QED) is 0.778. The average molecular weight is 303 g/mol. The van der Waals surface area contributed by atoms with Crippen molar-refractivity contribution in [2.24, 2.45) is 0 Å². The lowest BCUT2D eigenvalue weighted by Crippen LogP contribution is -2.32. The van der Waals surface area contributed by atoms with E-state index in [-0.39, 0.29) is 17.0 Å². The van der Waals surface area contributed by atoms with Gasteiger partial charge in [0.15, 0.2) is 0 Å². The molecule has 0 spiro atoms. The third-order valence-corrected chi connectivity index (χ3v) is 4.47. The zero-order chi connectivity index (χ0) is 15.3. The van der Waals surface area contributed by atoms with Gasteiger partial charge in [0.2, 0.25) is 10.0 Å². The molecule has 0 aliphatic carbocycles. The minimum absolute atomic E-state index is 0.00139. The van der Waals surface area contributed by atoms with Gasteiger partial charge in [-0.15, -0.1) is 0 Å². The average Bonchev–Trinajstić information content (AvgIpc) is 2.33. The van der Waals surface area contributed by atoms with E-state index < -0.39 is 15.8 Å². The molecule has 0 heterocycles. The number of sulfonamides is 1.